The van der Waals surface area contributed by atoms with Gasteiger partial charge >= 0.3 is 0 Å². The number of rotatable bonds is 6. The molecular formula is C15H18N4O. The minimum Gasteiger partial charge on any atom is -0.366 e. The highest BCUT2D eigenvalue weighted by Gasteiger charge is 2.01. The smallest absolute Gasteiger partial charge is 0.250 e. The molecule has 5 nitrogen and oxygen atoms in total. The number of primary amides is 1. The molecule has 0 aliphatic rings. The van der Waals surface area contributed by atoms with Crippen LogP contribution >= 0.6 is 0 Å². The maximum Gasteiger partial charge on any atom is 0.250 e. The molecule has 5 N–H and O–H groups in total. The molecule has 0 aliphatic carbocycles. The average Bonchev–Trinajstić information content (AvgIpc) is 2.47. The summed E-state index contributed by atoms with van der Waals surface area (Å²) in [6.45, 7) is 1.33. The lowest BCUT2D eigenvalue weighted by Gasteiger charge is -2.07. The van der Waals surface area contributed by atoms with Gasteiger partial charge in [-0.25, -0.2) is 4.98 Å². The first-order valence-corrected chi connectivity index (χ1v) is 6.46. The van der Waals surface area contributed by atoms with Crippen LogP contribution in [-0.4, -0.2) is 17.4 Å². The Morgan fingerprint density at radius 2 is 1.80 bits per heavy atom. The van der Waals surface area contributed by atoms with Gasteiger partial charge in [-0.2, -0.15) is 0 Å². The minimum atomic E-state index is -0.473. The predicted molar refractivity (Wildman–Crippen MR) is 79.3 cm³/mol. The summed E-state index contributed by atoms with van der Waals surface area (Å²) in [5.74, 6) is 0.237. The number of amides is 1. The molecule has 0 bridgehead atoms. The van der Waals surface area contributed by atoms with Gasteiger partial charge in [0.25, 0.3) is 0 Å². The Bertz CT molecular complexity index is 563. The van der Waals surface area contributed by atoms with Crippen LogP contribution < -0.4 is 16.8 Å². The third-order valence-corrected chi connectivity index (χ3v) is 2.98. The standard InChI is InChI=1S/C15H18N4O/c16-8-7-11-1-3-12(4-2-11)9-18-14-6-5-13(10-19-14)15(17)20/h1-6,10H,7-9,16H2,(H2,17,20)(H,18,19). The van der Waals surface area contributed by atoms with Crippen molar-refractivity contribution >= 4 is 11.7 Å². The number of anilines is 1. The molecule has 2 rings (SSSR count). The number of benzene rings is 1. The largest absolute Gasteiger partial charge is 0.366 e. The molecular weight excluding hydrogens is 252 g/mol. The first kappa shape index (κ1) is 14.0. The fraction of sp³-hybridized carbons (Fsp3) is 0.200. The molecule has 0 aliphatic heterocycles. The molecule has 1 amide bonds. The van der Waals surface area contributed by atoms with Crippen molar-refractivity contribution in [2.75, 3.05) is 11.9 Å². The van der Waals surface area contributed by atoms with Gasteiger partial charge in [0.2, 0.25) is 5.91 Å². The maximum absolute atomic E-state index is 10.9. The fourth-order valence-corrected chi connectivity index (χ4v) is 1.83. The number of carbonyl (C=O) groups is 1. The van der Waals surface area contributed by atoms with E-state index in [9.17, 15) is 4.79 Å². The molecule has 0 atom stereocenters. The van der Waals surface area contributed by atoms with E-state index >= 15 is 0 Å². The zero-order valence-electron chi connectivity index (χ0n) is 11.2. The van der Waals surface area contributed by atoms with Gasteiger partial charge in [-0.3, -0.25) is 4.79 Å². The van der Waals surface area contributed by atoms with Crippen LogP contribution in [0.5, 0.6) is 0 Å². The van der Waals surface area contributed by atoms with E-state index in [-0.39, 0.29) is 0 Å². The molecule has 1 heterocycles. The molecule has 0 radical (unpaired) electrons. The Morgan fingerprint density at radius 1 is 1.10 bits per heavy atom. The summed E-state index contributed by atoms with van der Waals surface area (Å²) in [7, 11) is 0. The molecule has 1 aromatic carbocycles. The highest BCUT2D eigenvalue weighted by Crippen LogP contribution is 2.09. The third kappa shape index (κ3) is 3.80. The molecule has 104 valence electrons. The van der Waals surface area contributed by atoms with Crippen LogP contribution in [0.1, 0.15) is 21.5 Å². The highest BCUT2D eigenvalue weighted by molar-refractivity contribution is 5.92. The predicted octanol–water partition coefficient (Wildman–Crippen LogP) is 1.29. The lowest BCUT2D eigenvalue weighted by Crippen LogP contribution is -2.11. The van der Waals surface area contributed by atoms with Crippen molar-refractivity contribution < 1.29 is 4.79 Å². The van der Waals surface area contributed by atoms with E-state index in [0.29, 0.717) is 24.5 Å². The SMILES string of the molecule is NCCc1ccc(CNc2ccc(C(N)=O)cn2)cc1. The van der Waals surface area contributed by atoms with Crippen LogP contribution in [0.2, 0.25) is 0 Å². The highest BCUT2D eigenvalue weighted by atomic mass is 16.1. The zero-order valence-corrected chi connectivity index (χ0v) is 11.2. The van der Waals surface area contributed by atoms with E-state index in [2.05, 4.69) is 34.6 Å². The topological polar surface area (TPSA) is 94.0 Å². The average molecular weight is 270 g/mol. The number of nitrogens with zero attached hydrogens (tertiary/aromatic N) is 1. The second kappa shape index (κ2) is 6.68. The van der Waals surface area contributed by atoms with Crippen molar-refractivity contribution in [3.05, 3.63) is 59.3 Å². The molecule has 0 saturated heterocycles. The van der Waals surface area contributed by atoms with Crippen molar-refractivity contribution in [1.29, 1.82) is 0 Å². The monoisotopic (exact) mass is 270 g/mol. The molecule has 2 aromatic rings. The van der Waals surface area contributed by atoms with Crippen LogP contribution in [0.3, 0.4) is 0 Å². The number of hydrogen-bond donors (Lipinski definition) is 3. The minimum absolute atomic E-state index is 0.404. The third-order valence-electron chi connectivity index (χ3n) is 2.98. The van der Waals surface area contributed by atoms with Crippen LogP contribution in [0, 0.1) is 0 Å². The number of nitrogens with one attached hydrogen (secondary N) is 1. The van der Waals surface area contributed by atoms with Crippen LogP contribution in [-0.2, 0) is 13.0 Å². The van der Waals surface area contributed by atoms with Gasteiger partial charge in [0.15, 0.2) is 0 Å². The van der Waals surface area contributed by atoms with Gasteiger partial charge in [0.1, 0.15) is 5.82 Å². The van der Waals surface area contributed by atoms with Gasteiger partial charge in [0.05, 0.1) is 5.56 Å². The first-order valence-electron chi connectivity index (χ1n) is 6.46. The second-order valence-corrected chi connectivity index (χ2v) is 4.51. The van der Waals surface area contributed by atoms with Crippen molar-refractivity contribution in [2.45, 2.75) is 13.0 Å². The Kier molecular flexibility index (Phi) is 4.68. The van der Waals surface area contributed by atoms with Crippen LogP contribution in [0.15, 0.2) is 42.6 Å². The lowest BCUT2D eigenvalue weighted by molar-refractivity contribution is 0.1000. The Hall–Kier alpha value is -2.40. The summed E-state index contributed by atoms with van der Waals surface area (Å²) < 4.78 is 0. The van der Waals surface area contributed by atoms with Crippen molar-refractivity contribution in [2.24, 2.45) is 11.5 Å². The van der Waals surface area contributed by atoms with E-state index in [1.165, 1.54) is 11.8 Å². The second-order valence-electron chi connectivity index (χ2n) is 4.51. The number of hydrogen-bond acceptors (Lipinski definition) is 4. The molecule has 0 unspecified atom stereocenters. The van der Waals surface area contributed by atoms with E-state index in [0.717, 1.165) is 12.0 Å². The van der Waals surface area contributed by atoms with E-state index in [1.807, 2.05) is 0 Å². The Morgan fingerprint density at radius 3 is 2.35 bits per heavy atom. The molecule has 0 saturated carbocycles. The number of nitrogens with two attached hydrogens (primary N) is 2. The van der Waals surface area contributed by atoms with Crippen molar-refractivity contribution in [3.63, 3.8) is 0 Å². The van der Waals surface area contributed by atoms with Crippen molar-refractivity contribution in [3.8, 4) is 0 Å². The summed E-state index contributed by atoms with van der Waals surface area (Å²) in [4.78, 5) is 15.1. The first-order chi connectivity index (χ1) is 9.69. The Labute approximate surface area is 118 Å². The van der Waals surface area contributed by atoms with Gasteiger partial charge < -0.3 is 16.8 Å². The van der Waals surface area contributed by atoms with Crippen molar-refractivity contribution in [1.82, 2.24) is 4.98 Å². The van der Waals surface area contributed by atoms with E-state index in [1.54, 1.807) is 12.1 Å². The summed E-state index contributed by atoms with van der Waals surface area (Å²) in [5.41, 5.74) is 13.5. The molecule has 0 spiro atoms. The fourth-order valence-electron chi connectivity index (χ4n) is 1.83. The molecule has 1 aromatic heterocycles. The summed E-state index contributed by atoms with van der Waals surface area (Å²) in [6.07, 6.45) is 2.36. The van der Waals surface area contributed by atoms with Crippen LogP contribution in [0.25, 0.3) is 0 Å². The molecule has 0 fully saturated rings. The quantitative estimate of drug-likeness (QED) is 0.737. The van der Waals surface area contributed by atoms with Gasteiger partial charge in [-0.05, 0) is 36.2 Å². The normalized spacial score (nSPS) is 10.2. The zero-order chi connectivity index (χ0) is 14.4. The van der Waals surface area contributed by atoms with Gasteiger partial charge in [-0.1, -0.05) is 24.3 Å². The van der Waals surface area contributed by atoms with E-state index in [4.69, 9.17) is 11.5 Å². The van der Waals surface area contributed by atoms with Gasteiger partial charge in [0, 0.05) is 12.7 Å². The summed E-state index contributed by atoms with van der Waals surface area (Å²) >= 11 is 0. The summed E-state index contributed by atoms with van der Waals surface area (Å²) in [5, 5.41) is 3.19. The molecule has 5 heteroatoms. The van der Waals surface area contributed by atoms with Crippen LogP contribution in [0.4, 0.5) is 5.82 Å². The number of pyridine rings is 1. The van der Waals surface area contributed by atoms with Gasteiger partial charge in [-0.15, -0.1) is 0 Å². The number of carbonyl (C=O) groups excluding carboxylic acids is 1. The maximum atomic E-state index is 10.9. The summed E-state index contributed by atoms with van der Waals surface area (Å²) in [6, 6.07) is 11.7. The lowest BCUT2D eigenvalue weighted by atomic mass is 10.1. The number of aromatic nitrogens is 1. The van der Waals surface area contributed by atoms with E-state index < -0.39 is 5.91 Å². The Balaban J connectivity index is 1.92. The molecule has 20 heavy (non-hydrogen) atoms.